The van der Waals surface area contributed by atoms with E-state index in [9.17, 15) is 5.11 Å². The average Bonchev–Trinajstić information content (AvgIpc) is 0.822. The van der Waals surface area contributed by atoms with Crippen LogP contribution in [0.25, 0.3) is 48.6 Å². The quantitative estimate of drug-likeness (QED) is 0.0221. The molecular weight excluding hydrogens is 1610 g/mol. The number of anilines is 6. The highest BCUT2D eigenvalue weighted by molar-refractivity contribution is 7.69. The molecule has 0 aliphatic rings. The molecule has 0 bridgehead atoms. The number of hydrogen-bond donors (Lipinski definition) is 1. The van der Waals surface area contributed by atoms with Gasteiger partial charge in [-0.2, -0.15) is 0 Å². The Balaban J connectivity index is 0.000000191. The van der Waals surface area contributed by atoms with E-state index < -0.39 is 23.6 Å². The highest BCUT2D eigenvalue weighted by Gasteiger charge is 2.41. The van der Waals surface area contributed by atoms with E-state index in [2.05, 4.69) is 279 Å². The van der Waals surface area contributed by atoms with Crippen LogP contribution < -0.4 is 30.1 Å². The van der Waals surface area contributed by atoms with Crippen LogP contribution in [-0.4, -0.2) is 71.4 Å². The molecule has 0 saturated carbocycles. The molecule has 0 aliphatic carbocycles. The second-order valence-corrected chi connectivity index (χ2v) is 42.1. The van der Waals surface area contributed by atoms with Crippen molar-refractivity contribution in [2.45, 2.75) is 46.1 Å². The van der Waals surface area contributed by atoms with E-state index in [1.165, 1.54) is 0 Å². The summed E-state index contributed by atoms with van der Waals surface area (Å²) in [5, 5.41) is 12.6. The lowest BCUT2D eigenvalue weighted by atomic mass is 10.0. The molecule has 0 fully saturated rings. The van der Waals surface area contributed by atoms with Crippen molar-refractivity contribution in [1.29, 1.82) is 0 Å². The molecule has 10 nitrogen and oxygen atoms in total. The zero-order valence-electron chi connectivity index (χ0n) is 67.4. The lowest BCUT2D eigenvalue weighted by Gasteiger charge is -2.25. The van der Waals surface area contributed by atoms with Crippen LogP contribution >= 0.6 is 56.4 Å². The standard InChI is InChI=1S/C46H45NO4Si.C36H31NO.C10H15ClO3Si.C7H6Cl4Si/c1-35-32-41(33-36(2)46(35)51-34-40-26-30-45(31-27-40)52(48-3,49-4)50-5)23-22-38-18-16-37(17-19-38)20-21-39-24-28-44(29-25-39)47(42-12-8-6-9-13-42)43-14-10-7-11-15-43;1-27-25-32(26-28(2)36(27)38)20-19-30-15-13-29(14-16-30)17-18-31-21-23-35(24-22-31)37(33-9-5-3-6-10-33)34-11-7-4-8-12-34;1-12-15(13-2,14-3)10-6-4-9(8-11)5-7-10;8-5-6-1-3-7(4-2-6)12(9,10)11/h6-33H,34H2,1-5H3;3-26,38H,1-2H3;4-7H,8H2,1-3H3;1-4H,5H2/b21-20+,23-22+;18-17+,20-19+;;. The predicted molar refractivity (Wildman–Crippen MR) is 503 cm³/mol. The molecule has 0 heterocycles. The molecule has 0 unspecified atom stereocenters. The minimum absolute atomic E-state index is 0.373. The minimum Gasteiger partial charge on any atom is -0.507 e. The molecule has 0 spiro atoms. The lowest BCUT2D eigenvalue weighted by molar-refractivity contribution is 0.140. The Morgan fingerprint density at radius 3 is 0.769 bits per heavy atom. The molecule has 1 N–H and O–H groups in total. The van der Waals surface area contributed by atoms with Gasteiger partial charge in [0.05, 0.1) is 0 Å². The molecule has 0 aromatic heterocycles. The molecule has 13 rings (SSSR count). The summed E-state index contributed by atoms with van der Waals surface area (Å²) in [6, 6.07) is 105. The first-order valence-electron chi connectivity index (χ1n) is 38.0. The molecule has 0 amide bonds. The highest BCUT2D eigenvalue weighted by Crippen LogP contribution is 2.37. The zero-order valence-corrected chi connectivity index (χ0v) is 74.1. The number of benzene rings is 13. The SMILES string of the molecule is CO[Si](OC)(OC)c1ccc(CCl)cc1.CO[Si](OC)(OC)c1ccc(COc2c(C)cc(/C=C/c3ccc(/C=C/c4ccc(N(c5ccccc5)c5ccccc5)cc4)cc3)cc2C)cc1.Cc1cc(/C=C/c2ccc(/C=C/c3ccc(N(c4ccccc4)c4ccccc4)cc3)cc2)cc(C)c1O.ClCc1ccc([Si](Cl)(Cl)Cl)cc1. The molecular formula is C99H97Cl5N2O8Si3. The number of nitrogens with zero attached hydrogens (tertiary/aromatic N) is 2. The van der Waals surface area contributed by atoms with E-state index in [1.54, 1.807) is 42.7 Å². The van der Waals surface area contributed by atoms with Crippen molar-refractivity contribution < 1.29 is 36.4 Å². The second kappa shape index (κ2) is 44.4. The number of alkyl halides is 2. The van der Waals surface area contributed by atoms with Crippen LogP contribution in [0.5, 0.6) is 11.5 Å². The number of aryl methyl sites for hydroxylation is 4. The van der Waals surface area contributed by atoms with E-state index in [-0.39, 0.29) is 0 Å². The van der Waals surface area contributed by atoms with Gasteiger partial charge in [0, 0.05) is 98.9 Å². The zero-order chi connectivity index (χ0) is 83.2. The largest absolute Gasteiger partial charge is 0.536 e. The molecule has 117 heavy (non-hydrogen) atoms. The smallest absolute Gasteiger partial charge is 0.507 e. The normalized spacial score (nSPS) is 11.6. The van der Waals surface area contributed by atoms with Crippen molar-refractivity contribution in [3.63, 3.8) is 0 Å². The minimum atomic E-state index is -2.85. The van der Waals surface area contributed by atoms with Crippen molar-refractivity contribution in [1.82, 2.24) is 0 Å². The van der Waals surface area contributed by atoms with E-state index in [4.69, 9.17) is 87.7 Å². The summed E-state index contributed by atoms with van der Waals surface area (Å²) in [5.74, 6) is 2.27. The molecule has 0 aliphatic heterocycles. The van der Waals surface area contributed by atoms with Gasteiger partial charge in [0.25, 0.3) is 0 Å². The summed E-state index contributed by atoms with van der Waals surface area (Å²) in [7, 11) is 4.09. The van der Waals surface area contributed by atoms with Gasteiger partial charge >= 0.3 is 23.6 Å². The Morgan fingerprint density at radius 1 is 0.282 bits per heavy atom. The fourth-order valence-corrected chi connectivity index (χ4v) is 18.6. The number of halogens is 5. The van der Waals surface area contributed by atoms with Crippen LogP contribution in [0, 0.1) is 27.7 Å². The first-order valence-corrected chi connectivity index (χ1v) is 47.5. The first-order chi connectivity index (χ1) is 56.7. The number of para-hydroxylation sites is 4. The van der Waals surface area contributed by atoms with Crippen molar-refractivity contribution in [2.75, 3.05) is 52.5 Å². The van der Waals surface area contributed by atoms with Crippen molar-refractivity contribution in [2.24, 2.45) is 0 Å². The Morgan fingerprint density at radius 2 is 0.513 bits per heavy atom. The third-order valence-corrected chi connectivity index (χ3v) is 28.2. The molecule has 0 saturated heterocycles. The van der Waals surface area contributed by atoms with Crippen LogP contribution in [0.3, 0.4) is 0 Å². The number of phenolic OH excluding ortho intramolecular Hbond substituents is 1. The van der Waals surface area contributed by atoms with Gasteiger partial charge in [-0.05, 0) is 213 Å². The van der Waals surface area contributed by atoms with Gasteiger partial charge in [0.15, 0.2) is 0 Å². The van der Waals surface area contributed by atoms with Crippen LogP contribution in [0.1, 0.15) is 83.5 Å². The van der Waals surface area contributed by atoms with Gasteiger partial charge in [-0.15, -0.1) is 56.4 Å². The first kappa shape index (κ1) is 89.2. The maximum Gasteiger partial charge on any atom is 0.536 e. The molecule has 13 aromatic carbocycles. The maximum atomic E-state index is 9.98. The molecule has 18 heteroatoms. The van der Waals surface area contributed by atoms with Gasteiger partial charge in [0.1, 0.15) is 18.1 Å². The fourth-order valence-electron chi connectivity index (χ4n) is 13.0. The molecule has 13 aromatic rings. The second-order valence-electron chi connectivity index (χ2n) is 27.3. The summed E-state index contributed by atoms with van der Waals surface area (Å²) in [5.41, 5.74) is 23.0. The van der Waals surface area contributed by atoms with Gasteiger partial charge < -0.3 is 46.2 Å². The highest BCUT2D eigenvalue weighted by atomic mass is 35.8. The van der Waals surface area contributed by atoms with E-state index in [0.717, 1.165) is 139 Å². The maximum absolute atomic E-state index is 9.98. The molecule has 0 atom stereocenters. The average molecular weight is 1700 g/mol. The van der Waals surface area contributed by atoms with Crippen LogP contribution in [0.15, 0.2) is 315 Å². The van der Waals surface area contributed by atoms with E-state index in [1.807, 2.05) is 123 Å². The summed E-state index contributed by atoms with van der Waals surface area (Å²) >= 11 is 28.7. The number of aromatic hydroxyl groups is 1. The summed E-state index contributed by atoms with van der Waals surface area (Å²) in [6.07, 6.45) is 17.1. The Labute approximate surface area is 718 Å². The predicted octanol–water partition coefficient (Wildman–Crippen LogP) is 25.4. The topological polar surface area (TPSA) is 91.3 Å². The number of ether oxygens (including phenoxy) is 1. The van der Waals surface area contributed by atoms with Gasteiger partial charge in [0.2, 0.25) is 0 Å². The summed E-state index contributed by atoms with van der Waals surface area (Å²) in [4.78, 5) is 4.53. The Hall–Kier alpha value is -10.1. The third-order valence-electron chi connectivity index (χ3n) is 19.3. The lowest BCUT2D eigenvalue weighted by Crippen LogP contribution is -2.54. The fraction of sp³-hybridized carbons (Fsp3) is 0.131. The van der Waals surface area contributed by atoms with Crippen LogP contribution in [0.4, 0.5) is 34.1 Å². The number of rotatable bonds is 28. The van der Waals surface area contributed by atoms with Crippen LogP contribution in [-0.2, 0) is 44.9 Å². The summed E-state index contributed by atoms with van der Waals surface area (Å²) < 4.78 is 39.1. The van der Waals surface area contributed by atoms with Crippen molar-refractivity contribution in [3.05, 3.63) is 399 Å². The Kier molecular flexibility index (Phi) is 33.9. The number of hydrogen-bond acceptors (Lipinski definition) is 10. The number of phenols is 1. The van der Waals surface area contributed by atoms with E-state index in [0.29, 0.717) is 24.1 Å². The van der Waals surface area contributed by atoms with Gasteiger partial charge in [-0.3, -0.25) is 0 Å². The van der Waals surface area contributed by atoms with Gasteiger partial charge in [-0.1, -0.05) is 267 Å². The molecule has 598 valence electrons. The monoisotopic (exact) mass is 1700 g/mol. The molecule has 0 radical (unpaired) electrons. The third kappa shape index (κ3) is 25.2. The van der Waals surface area contributed by atoms with Crippen molar-refractivity contribution in [3.8, 4) is 11.5 Å². The van der Waals surface area contributed by atoms with Crippen LogP contribution in [0.2, 0.25) is 0 Å². The summed E-state index contributed by atoms with van der Waals surface area (Å²) in [6.45, 7) is 8.51. The van der Waals surface area contributed by atoms with Crippen molar-refractivity contribution >= 4 is 178 Å². The van der Waals surface area contributed by atoms with Gasteiger partial charge in [-0.25, -0.2) is 0 Å². The van der Waals surface area contributed by atoms with E-state index >= 15 is 0 Å². The Bertz CT molecular complexity index is 5190.